The number of carbonyl (C=O) groups is 1. The molecule has 1 saturated carbocycles. The zero-order chi connectivity index (χ0) is 15.4. The number of rotatable bonds is 5. The summed E-state index contributed by atoms with van der Waals surface area (Å²) < 4.78 is 0. The molecular formula is C17H26N2O2. The van der Waals surface area contributed by atoms with Crippen molar-refractivity contribution in [3.05, 3.63) is 23.4 Å². The fraction of sp³-hybridized carbons (Fsp3) is 0.647. The predicted molar refractivity (Wildman–Crippen MR) is 84.8 cm³/mol. The molecule has 0 amide bonds. The van der Waals surface area contributed by atoms with Gasteiger partial charge in [-0.2, -0.15) is 0 Å². The highest BCUT2D eigenvalue weighted by molar-refractivity contribution is 5.88. The van der Waals surface area contributed by atoms with E-state index >= 15 is 0 Å². The number of hydrogen-bond donors (Lipinski definition) is 2. The molecule has 21 heavy (non-hydrogen) atoms. The highest BCUT2D eigenvalue weighted by Crippen LogP contribution is 2.30. The van der Waals surface area contributed by atoms with E-state index in [9.17, 15) is 9.90 Å². The third-order valence-electron chi connectivity index (χ3n) is 4.40. The summed E-state index contributed by atoms with van der Waals surface area (Å²) in [5, 5.41) is 12.7. The Labute approximate surface area is 127 Å². The van der Waals surface area contributed by atoms with Crippen molar-refractivity contribution in [1.82, 2.24) is 4.98 Å². The highest BCUT2D eigenvalue weighted by Gasteiger charge is 2.25. The standard InChI is InChI=1S/C17H26N2O2/c1-4-5-14-9-13(17(20)21)10-16(18-14)19-15-7-6-11(2)8-12(15)3/h9-12,15H,4-8H2,1-3H3,(H,18,19)(H,20,21). The van der Waals surface area contributed by atoms with Gasteiger partial charge in [0.05, 0.1) is 5.56 Å². The molecular weight excluding hydrogens is 264 g/mol. The summed E-state index contributed by atoms with van der Waals surface area (Å²) in [6.07, 6.45) is 5.35. The van der Waals surface area contributed by atoms with Crippen LogP contribution in [0.5, 0.6) is 0 Å². The largest absolute Gasteiger partial charge is 0.478 e. The summed E-state index contributed by atoms with van der Waals surface area (Å²) >= 11 is 0. The van der Waals surface area contributed by atoms with E-state index in [2.05, 4.69) is 31.1 Å². The van der Waals surface area contributed by atoms with Crippen molar-refractivity contribution < 1.29 is 9.90 Å². The molecule has 1 aliphatic carbocycles. The molecule has 0 spiro atoms. The molecule has 0 radical (unpaired) electrons. The van der Waals surface area contributed by atoms with E-state index in [1.54, 1.807) is 12.1 Å². The second-order valence-electron chi connectivity index (χ2n) is 6.43. The van der Waals surface area contributed by atoms with Crippen LogP contribution in [0.15, 0.2) is 12.1 Å². The molecule has 2 rings (SSSR count). The molecule has 1 aliphatic rings. The number of pyridine rings is 1. The molecule has 0 aromatic carbocycles. The van der Waals surface area contributed by atoms with Crippen LogP contribution in [0.2, 0.25) is 0 Å². The Morgan fingerprint density at radius 2 is 2.14 bits per heavy atom. The van der Waals surface area contributed by atoms with Crippen molar-refractivity contribution in [1.29, 1.82) is 0 Å². The Balaban J connectivity index is 2.16. The second kappa shape index (κ2) is 6.92. The number of anilines is 1. The van der Waals surface area contributed by atoms with Gasteiger partial charge in [0.2, 0.25) is 0 Å². The average molecular weight is 290 g/mol. The summed E-state index contributed by atoms with van der Waals surface area (Å²) in [5.41, 5.74) is 1.18. The summed E-state index contributed by atoms with van der Waals surface area (Å²) in [5.74, 6) is 1.21. The molecule has 1 aromatic rings. The Morgan fingerprint density at radius 1 is 1.38 bits per heavy atom. The van der Waals surface area contributed by atoms with E-state index in [4.69, 9.17) is 0 Å². The molecule has 1 aromatic heterocycles. The minimum absolute atomic E-state index is 0.327. The van der Waals surface area contributed by atoms with Gasteiger partial charge in [-0.05, 0) is 49.7 Å². The Morgan fingerprint density at radius 3 is 2.76 bits per heavy atom. The smallest absolute Gasteiger partial charge is 0.335 e. The number of nitrogens with one attached hydrogen (secondary N) is 1. The molecule has 3 unspecified atom stereocenters. The lowest BCUT2D eigenvalue weighted by molar-refractivity contribution is 0.0696. The zero-order valence-electron chi connectivity index (χ0n) is 13.2. The van der Waals surface area contributed by atoms with E-state index in [-0.39, 0.29) is 0 Å². The number of hydrogen-bond acceptors (Lipinski definition) is 3. The van der Waals surface area contributed by atoms with Gasteiger partial charge in [-0.25, -0.2) is 9.78 Å². The van der Waals surface area contributed by atoms with Crippen LogP contribution in [0.1, 0.15) is 62.5 Å². The van der Waals surface area contributed by atoms with E-state index in [1.807, 2.05) is 0 Å². The van der Waals surface area contributed by atoms with Crippen LogP contribution in [0.3, 0.4) is 0 Å². The molecule has 2 N–H and O–H groups in total. The van der Waals surface area contributed by atoms with E-state index in [0.717, 1.165) is 30.9 Å². The number of carboxylic acid groups (broad SMARTS) is 1. The van der Waals surface area contributed by atoms with Crippen molar-refractivity contribution in [3.8, 4) is 0 Å². The zero-order valence-corrected chi connectivity index (χ0v) is 13.2. The molecule has 1 heterocycles. The molecule has 4 heteroatoms. The average Bonchev–Trinajstić information content (AvgIpc) is 2.42. The van der Waals surface area contributed by atoms with Crippen LogP contribution >= 0.6 is 0 Å². The molecule has 0 aliphatic heterocycles. The minimum Gasteiger partial charge on any atom is -0.478 e. The summed E-state index contributed by atoms with van der Waals surface area (Å²) in [6, 6.07) is 3.74. The number of nitrogens with zero attached hydrogens (tertiary/aromatic N) is 1. The molecule has 1 fully saturated rings. The van der Waals surface area contributed by atoms with Gasteiger partial charge in [0.1, 0.15) is 5.82 Å². The quantitative estimate of drug-likeness (QED) is 0.861. The van der Waals surface area contributed by atoms with Crippen LogP contribution in [-0.2, 0) is 6.42 Å². The van der Waals surface area contributed by atoms with E-state index < -0.39 is 5.97 Å². The lowest BCUT2D eigenvalue weighted by atomic mass is 9.80. The fourth-order valence-corrected chi connectivity index (χ4v) is 3.24. The van der Waals surface area contributed by atoms with Crippen LogP contribution in [0.25, 0.3) is 0 Å². The Hall–Kier alpha value is -1.58. The maximum absolute atomic E-state index is 11.3. The third-order valence-corrected chi connectivity index (χ3v) is 4.40. The topological polar surface area (TPSA) is 62.2 Å². The van der Waals surface area contributed by atoms with E-state index in [0.29, 0.717) is 23.3 Å². The van der Waals surface area contributed by atoms with E-state index in [1.165, 1.54) is 12.8 Å². The molecule has 4 nitrogen and oxygen atoms in total. The SMILES string of the molecule is CCCc1cc(C(=O)O)cc(NC2CCC(C)CC2C)n1. The Bertz CT molecular complexity index is 502. The Kier molecular flexibility index (Phi) is 5.21. The van der Waals surface area contributed by atoms with Gasteiger partial charge < -0.3 is 10.4 Å². The first-order chi connectivity index (χ1) is 9.99. The van der Waals surface area contributed by atoms with Gasteiger partial charge >= 0.3 is 5.97 Å². The van der Waals surface area contributed by atoms with Crippen molar-refractivity contribution >= 4 is 11.8 Å². The first-order valence-electron chi connectivity index (χ1n) is 8.00. The van der Waals surface area contributed by atoms with Gasteiger partial charge in [0, 0.05) is 11.7 Å². The number of aromatic nitrogens is 1. The highest BCUT2D eigenvalue weighted by atomic mass is 16.4. The monoisotopic (exact) mass is 290 g/mol. The second-order valence-corrected chi connectivity index (χ2v) is 6.43. The van der Waals surface area contributed by atoms with Crippen molar-refractivity contribution in [2.45, 2.75) is 58.9 Å². The first kappa shape index (κ1) is 15.8. The lowest BCUT2D eigenvalue weighted by Crippen LogP contribution is -2.33. The van der Waals surface area contributed by atoms with Crippen molar-refractivity contribution in [2.24, 2.45) is 11.8 Å². The van der Waals surface area contributed by atoms with Gasteiger partial charge in [0.15, 0.2) is 0 Å². The lowest BCUT2D eigenvalue weighted by Gasteiger charge is -2.33. The van der Waals surface area contributed by atoms with Crippen LogP contribution in [0, 0.1) is 11.8 Å². The van der Waals surface area contributed by atoms with Gasteiger partial charge in [0.25, 0.3) is 0 Å². The predicted octanol–water partition coefficient (Wildman–Crippen LogP) is 3.97. The first-order valence-corrected chi connectivity index (χ1v) is 8.00. The van der Waals surface area contributed by atoms with Crippen molar-refractivity contribution in [3.63, 3.8) is 0 Å². The molecule has 0 bridgehead atoms. The fourth-order valence-electron chi connectivity index (χ4n) is 3.24. The summed E-state index contributed by atoms with van der Waals surface area (Å²) in [7, 11) is 0. The normalized spacial score (nSPS) is 25.6. The number of aryl methyl sites for hydroxylation is 1. The molecule has 0 saturated heterocycles. The minimum atomic E-state index is -0.886. The molecule has 116 valence electrons. The van der Waals surface area contributed by atoms with Gasteiger partial charge in [-0.15, -0.1) is 0 Å². The maximum atomic E-state index is 11.3. The van der Waals surface area contributed by atoms with Crippen LogP contribution < -0.4 is 5.32 Å². The van der Waals surface area contributed by atoms with Crippen LogP contribution in [-0.4, -0.2) is 22.1 Å². The van der Waals surface area contributed by atoms with Gasteiger partial charge in [-0.3, -0.25) is 0 Å². The third kappa shape index (κ3) is 4.19. The summed E-state index contributed by atoms with van der Waals surface area (Å²) in [4.78, 5) is 15.8. The number of aromatic carboxylic acids is 1. The van der Waals surface area contributed by atoms with Crippen molar-refractivity contribution in [2.75, 3.05) is 5.32 Å². The number of carboxylic acids is 1. The summed E-state index contributed by atoms with van der Waals surface area (Å²) in [6.45, 7) is 6.64. The van der Waals surface area contributed by atoms with Crippen LogP contribution in [0.4, 0.5) is 5.82 Å². The maximum Gasteiger partial charge on any atom is 0.335 e. The van der Waals surface area contributed by atoms with Gasteiger partial charge in [-0.1, -0.05) is 27.2 Å². The molecule has 3 atom stereocenters.